The smallest absolute Gasteiger partial charge is 0.230 e. The highest BCUT2D eigenvalue weighted by atomic mass is 79.9. The standard InChI is InChI=1S/C15H9BrCl2N2O/c16-11-7-8(17)5-6-9(11)14-13(15(19)21-20-14)10-3-1-2-4-12(10)18/h1-7H,19H2. The maximum atomic E-state index is 6.25. The van der Waals surface area contributed by atoms with Crippen molar-refractivity contribution >= 4 is 45.0 Å². The van der Waals surface area contributed by atoms with Crippen LogP contribution in [0.25, 0.3) is 22.4 Å². The summed E-state index contributed by atoms with van der Waals surface area (Å²) in [5.74, 6) is 0.222. The third-order valence-electron chi connectivity index (χ3n) is 3.05. The van der Waals surface area contributed by atoms with Crippen LogP contribution in [0.1, 0.15) is 0 Å². The van der Waals surface area contributed by atoms with Crippen molar-refractivity contribution in [3.63, 3.8) is 0 Å². The lowest BCUT2D eigenvalue weighted by atomic mass is 10.0. The van der Waals surface area contributed by atoms with Crippen molar-refractivity contribution < 1.29 is 4.52 Å². The number of nitrogens with two attached hydrogens (primary N) is 1. The first-order valence-electron chi connectivity index (χ1n) is 6.03. The first-order valence-corrected chi connectivity index (χ1v) is 7.58. The molecule has 2 N–H and O–H groups in total. The summed E-state index contributed by atoms with van der Waals surface area (Å²) in [4.78, 5) is 0. The van der Waals surface area contributed by atoms with E-state index in [4.69, 9.17) is 33.5 Å². The highest BCUT2D eigenvalue weighted by Gasteiger charge is 2.20. The van der Waals surface area contributed by atoms with Gasteiger partial charge in [-0.2, -0.15) is 0 Å². The fraction of sp³-hybridized carbons (Fsp3) is 0. The summed E-state index contributed by atoms with van der Waals surface area (Å²) < 4.78 is 5.96. The van der Waals surface area contributed by atoms with Crippen molar-refractivity contribution in [2.24, 2.45) is 0 Å². The summed E-state index contributed by atoms with van der Waals surface area (Å²) in [6, 6.07) is 12.8. The van der Waals surface area contributed by atoms with Gasteiger partial charge in [0.2, 0.25) is 5.88 Å². The fourth-order valence-corrected chi connectivity index (χ4v) is 3.19. The number of rotatable bonds is 2. The van der Waals surface area contributed by atoms with E-state index in [0.717, 1.165) is 15.6 Å². The van der Waals surface area contributed by atoms with E-state index in [9.17, 15) is 0 Å². The van der Waals surface area contributed by atoms with E-state index in [1.807, 2.05) is 24.3 Å². The molecule has 0 radical (unpaired) electrons. The molecule has 0 amide bonds. The number of halogens is 3. The molecule has 3 rings (SSSR count). The lowest BCUT2D eigenvalue weighted by molar-refractivity contribution is 0.439. The lowest BCUT2D eigenvalue weighted by Gasteiger charge is -2.06. The van der Waals surface area contributed by atoms with Gasteiger partial charge in [-0.1, -0.05) is 68.6 Å². The minimum atomic E-state index is 0.222. The zero-order chi connectivity index (χ0) is 15.0. The van der Waals surface area contributed by atoms with E-state index >= 15 is 0 Å². The van der Waals surface area contributed by atoms with Gasteiger partial charge in [-0.3, -0.25) is 0 Å². The minimum absolute atomic E-state index is 0.222. The Balaban J connectivity index is 2.25. The Bertz CT molecular complexity index is 817. The van der Waals surface area contributed by atoms with Crippen LogP contribution in [-0.2, 0) is 0 Å². The van der Waals surface area contributed by atoms with Crippen molar-refractivity contribution in [2.45, 2.75) is 0 Å². The third-order valence-corrected chi connectivity index (χ3v) is 4.27. The molecule has 21 heavy (non-hydrogen) atoms. The second-order valence-corrected chi connectivity index (χ2v) is 6.07. The average molecular weight is 384 g/mol. The van der Waals surface area contributed by atoms with Crippen molar-refractivity contribution in [3.05, 3.63) is 57.0 Å². The van der Waals surface area contributed by atoms with Crippen LogP contribution in [0, 0.1) is 0 Å². The summed E-state index contributed by atoms with van der Waals surface area (Å²) in [5.41, 5.74) is 8.82. The van der Waals surface area contributed by atoms with Gasteiger partial charge in [-0.15, -0.1) is 0 Å². The topological polar surface area (TPSA) is 52.0 Å². The second-order valence-electron chi connectivity index (χ2n) is 4.37. The molecule has 3 nitrogen and oxygen atoms in total. The molecule has 1 heterocycles. The molecule has 0 aliphatic rings. The molecule has 3 aromatic rings. The summed E-state index contributed by atoms with van der Waals surface area (Å²) in [7, 11) is 0. The molecular weight excluding hydrogens is 375 g/mol. The highest BCUT2D eigenvalue weighted by molar-refractivity contribution is 9.10. The van der Waals surface area contributed by atoms with Crippen molar-refractivity contribution in [2.75, 3.05) is 5.73 Å². The fourth-order valence-electron chi connectivity index (χ4n) is 2.09. The Morgan fingerprint density at radius 3 is 2.52 bits per heavy atom. The van der Waals surface area contributed by atoms with Crippen LogP contribution in [0.3, 0.4) is 0 Å². The predicted octanol–water partition coefficient (Wildman–Crippen LogP) is 5.66. The molecule has 2 aromatic carbocycles. The van der Waals surface area contributed by atoms with Gasteiger partial charge in [0.1, 0.15) is 5.69 Å². The molecule has 0 unspecified atom stereocenters. The maximum absolute atomic E-state index is 6.25. The summed E-state index contributed by atoms with van der Waals surface area (Å²) in [6.45, 7) is 0. The molecule has 0 atom stereocenters. The Morgan fingerprint density at radius 1 is 1.05 bits per heavy atom. The SMILES string of the molecule is Nc1onc(-c2ccc(Cl)cc2Br)c1-c1ccccc1Cl. The van der Waals surface area contributed by atoms with E-state index in [2.05, 4.69) is 21.1 Å². The van der Waals surface area contributed by atoms with Crippen LogP contribution in [0.5, 0.6) is 0 Å². The number of hydrogen-bond acceptors (Lipinski definition) is 3. The van der Waals surface area contributed by atoms with Crippen LogP contribution >= 0.6 is 39.1 Å². The Hall–Kier alpha value is -1.49. The molecule has 0 saturated carbocycles. The molecular formula is C15H9BrCl2N2O. The molecule has 0 aliphatic heterocycles. The quantitative estimate of drug-likeness (QED) is 0.621. The van der Waals surface area contributed by atoms with E-state index in [0.29, 0.717) is 21.3 Å². The first-order chi connectivity index (χ1) is 10.1. The van der Waals surface area contributed by atoms with Gasteiger partial charge in [0, 0.05) is 25.6 Å². The second kappa shape index (κ2) is 5.72. The van der Waals surface area contributed by atoms with Gasteiger partial charge in [0.25, 0.3) is 0 Å². The van der Waals surface area contributed by atoms with Crippen LogP contribution in [0.15, 0.2) is 51.5 Å². The number of benzene rings is 2. The van der Waals surface area contributed by atoms with E-state index < -0.39 is 0 Å². The molecule has 0 fully saturated rings. The highest BCUT2D eigenvalue weighted by Crippen LogP contribution is 2.41. The van der Waals surface area contributed by atoms with Crippen molar-refractivity contribution in [3.8, 4) is 22.4 Å². The minimum Gasteiger partial charge on any atom is -0.367 e. The Kier molecular flexibility index (Phi) is 3.93. The summed E-state index contributed by atoms with van der Waals surface area (Å²) >= 11 is 15.7. The lowest BCUT2D eigenvalue weighted by Crippen LogP contribution is -1.89. The number of nitrogen functional groups attached to an aromatic ring is 1. The van der Waals surface area contributed by atoms with Crippen molar-refractivity contribution in [1.82, 2.24) is 5.16 Å². The van der Waals surface area contributed by atoms with Crippen LogP contribution in [0.2, 0.25) is 10.0 Å². The van der Waals surface area contributed by atoms with Gasteiger partial charge >= 0.3 is 0 Å². The summed E-state index contributed by atoms with van der Waals surface area (Å²) in [5, 5.41) is 5.27. The zero-order valence-electron chi connectivity index (χ0n) is 10.6. The van der Waals surface area contributed by atoms with Crippen LogP contribution < -0.4 is 5.73 Å². The molecule has 0 aliphatic carbocycles. The van der Waals surface area contributed by atoms with Gasteiger partial charge < -0.3 is 10.3 Å². The molecule has 0 bridgehead atoms. The van der Waals surface area contributed by atoms with Gasteiger partial charge in [-0.25, -0.2) is 0 Å². The van der Waals surface area contributed by atoms with Gasteiger partial charge in [0.15, 0.2) is 0 Å². The normalized spacial score (nSPS) is 10.8. The number of aromatic nitrogens is 1. The van der Waals surface area contributed by atoms with E-state index in [1.165, 1.54) is 0 Å². The Labute approximate surface area is 139 Å². The maximum Gasteiger partial charge on any atom is 0.230 e. The van der Waals surface area contributed by atoms with Crippen molar-refractivity contribution in [1.29, 1.82) is 0 Å². The zero-order valence-corrected chi connectivity index (χ0v) is 13.7. The molecule has 0 spiro atoms. The number of hydrogen-bond donors (Lipinski definition) is 1. The molecule has 106 valence electrons. The average Bonchev–Trinajstić information content (AvgIpc) is 2.81. The van der Waals surface area contributed by atoms with Gasteiger partial charge in [-0.05, 0) is 18.2 Å². The monoisotopic (exact) mass is 382 g/mol. The third kappa shape index (κ3) is 2.67. The largest absolute Gasteiger partial charge is 0.367 e. The van der Waals surface area contributed by atoms with Crippen LogP contribution in [0.4, 0.5) is 5.88 Å². The molecule has 1 aromatic heterocycles. The van der Waals surface area contributed by atoms with Crippen LogP contribution in [-0.4, -0.2) is 5.16 Å². The first kappa shape index (κ1) is 14.4. The Morgan fingerprint density at radius 2 is 1.81 bits per heavy atom. The summed E-state index contributed by atoms with van der Waals surface area (Å²) in [6.07, 6.45) is 0. The van der Waals surface area contributed by atoms with E-state index in [1.54, 1.807) is 18.2 Å². The number of anilines is 1. The molecule has 0 saturated heterocycles. The number of nitrogens with zero attached hydrogens (tertiary/aromatic N) is 1. The van der Waals surface area contributed by atoms with Gasteiger partial charge in [0.05, 0.1) is 5.56 Å². The predicted molar refractivity (Wildman–Crippen MR) is 89.5 cm³/mol. The van der Waals surface area contributed by atoms with E-state index in [-0.39, 0.29) is 5.88 Å². The molecule has 6 heteroatoms.